The second kappa shape index (κ2) is 10.1. The van der Waals surface area contributed by atoms with Gasteiger partial charge in [0.2, 0.25) is 6.79 Å². The zero-order chi connectivity index (χ0) is 26.1. The molecule has 0 radical (unpaired) electrons. The molecule has 3 heterocycles. The van der Waals surface area contributed by atoms with Crippen molar-refractivity contribution in [2.45, 2.75) is 20.1 Å². The van der Waals surface area contributed by atoms with Gasteiger partial charge in [-0.25, -0.2) is 9.48 Å². The molecule has 0 unspecified atom stereocenters. The summed E-state index contributed by atoms with van der Waals surface area (Å²) in [5, 5.41) is 12.6. The zero-order valence-corrected chi connectivity index (χ0v) is 21.1. The largest absolute Gasteiger partial charge is 0.489 e. The number of ether oxygens (including phenoxy) is 4. The van der Waals surface area contributed by atoms with Gasteiger partial charge in [-0.3, -0.25) is 0 Å². The predicted molar refractivity (Wildman–Crippen MR) is 138 cm³/mol. The van der Waals surface area contributed by atoms with Gasteiger partial charge in [-0.2, -0.15) is 0 Å². The summed E-state index contributed by atoms with van der Waals surface area (Å²) in [4.78, 5) is 12.8. The highest BCUT2D eigenvalue weighted by atomic mass is 35.5. The number of benzene rings is 3. The highest BCUT2D eigenvalue weighted by Gasteiger charge is 2.21. The average Bonchev–Trinajstić information content (AvgIpc) is 3.69. The van der Waals surface area contributed by atoms with E-state index in [1.807, 2.05) is 59.2 Å². The van der Waals surface area contributed by atoms with Crippen LogP contribution in [0.4, 0.5) is 0 Å². The summed E-state index contributed by atoms with van der Waals surface area (Å²) in [6.45, 7) is 2.93. The lowest BCUT2D eigenvalue weighted by molar-refractivity contribution is 0.0515. The van der Waals surface area contributed by atoms with Gasteiger partial charge >= 0.3 is 5.97 Å². The SMILES string of the molecule is CCOC(=O)c1cc2cc(OCc3ccc(-n4cnnn4)cc3)ccc2n1Cc1cc2c(cc1Cl)OCO2. The number of fused-ring (bicyclic) bond motifs is 2. The fourth-order valence-corrected chi connectivity index (χ4v) is 4.54. The van der Waals surface area contributed by atoms with E-state index in [4.69, 9.17) is 30.5 Å². The van der Waals surface area contributed by atoms with Crippen LogP contribution in [0, 0.1) is 0 Å². The maximum Gasteiger partial charge on any atom is 0.354 e. The highest BCUT2D eigenvalue weighted by Crippen LogP contribution is 2.38. The first-order valence-electron chi connectivity index (χ1n) is 11.9. The van der Waals surface area contributed by atoms with Gasteiger partial charge in [-0.15, -0.1) is 5.10 Å². The van der Waals surface area contributed by atoms with Crippen molar-refractivity contribution in [2.24, 2.45) is 0 Å². The molecule has 10 nitrogen and oxygen atoms in total. The summed E-state index contributed by atoms with van der Waals surface area (Å²) >= 11 is 6.54. The molecule has 192 valence electrons. The smallest absolute Gasteiger partial charge is 0.354 e. The topological polar surface area (TPSA) is 103 Å². The maximum atomic E-state index is 12.8. The third-order valence-electron chi connectivity index (χ3n) is 6.18. The number of carbonyl (C=O) groups is 1. The molecule has 1 aliphatic heterocycles. The van der Waals surface area contributed by atoms with Crippen LogP contribution >= 0.6 is 11.6 Å². The van der Waals surface area contributed by atoms with Crippen molar-refractivity contribution in [2.75, 3.05) is 13.4 Å². The van der Waals surface area contributed by atoms with E-state index in [9.17, 15) is 4.79 Å². The molecule has 0 fully saturated rings. The number of carbonyl (C=O) groups excluding carboxylic acids is 1. The molecule has 2 aromatic heterocycles. The number of halogens is 1. The molecule has 11 heteroatoms. The molecule has 5 aromatic rings. The van der Waals surface area contributed by atoms with Crippen LogP contribution in [0.25, 0.3) is 16.6 Å². The molecule has 0 saturated heterocycles. The van der Waals surface area contributed by atoms with E-state index < -0.39 is 5.97 Å². The van der Waals surface area contributed by atoms with Gasteiger partial charge in [-0.1, -0.05) is 23.7 Å². The van der Waals surface area contributed by atoms with Gasteiger partial charge in [0.25, 0.3) is 0 Å². The lowest BCUT2D eigenvalue weighted by atomic mass is 10.2. The van der Waals surface area contributed by atoms with Crippen LogP contribution in [-0.4, -0.2) is 44.1 Å². The molecule has 3 aromatic carbocycles. The Bertz CT molecular complexity index is 1620. The van der Waals surface area contributed by atoms with Gasteiger partial charge in [0.1, 0.15) is 24.4 Å². The van der Waals surface area contributed by atoms with Gasteiger partial charge < -0.3 is 23.5 Å². The summed E-state index contributed by atoms with van der Waals surface area (Å²) in [6, 6.07) is 18.9. The summed E-state index contributed by atoms with van der Waals surface area (Å²) in [7, 11) is 0. The maximum absolute atomic E-state index is 12.8. The molecule has 0 atom stereocenters. The molecule has 6 rings (SSSR count). The quantitative estimate of drug-likeness (QED) is 0.263. The fourth-order valence-electron chi connectivity index (χ4n) is 4.33. The summed E-state index contributed by atoms with van der Waals surface area (Å²) in [5.74, 6) is 1.50. The van der Waals surface area contributed by atoms with Crippen molar-refractivity contribution >= 4 is 28.5 Å². The molecule has 0 aliphatic carbocycles. The second-order valence-corrected chi connectivity index (χ2v) is 8.97. The van der Waals surface area contributed by atoms with Crippen molar-refractivity contribution in [3.63, 3.8) is 0 Å². The third kappa shape index (κ3) is 4.61. The van der Waals surface area contributed by atoms with Gasteiger partial charge in [0.05, 0.1) is 18.8 Å². The Morgan fingerprint density at radius 1 is 1.05 bits per heavy atom. The zero-order valence-electron chi connectivity index (χ0n) is 20.3. The van der Waals surface area contributed by atoms with Crippen molar-refractivity contribution in [3.05, 3.63) is 88.8 Å². The number of aromatic nitrogens is 5. The van der Waals surface area contributed by atoms with E-state index >= 15 is 0 Å². The molecular formula is C27H22ClN5O5. The summed E-state index contributed by atoms with van der Waals surface area (Å²) in [5.41, 5.74) is 3.91. The van der Waals surface area contributed by atoms with E-state index in [2.05, 4.69) is 15.5 Å². The Kier molecular flexibility index (Phi) is 6.30. The minimum Gasteiger partial charge on any atom is -0.489 e. The number of rotatable bonds is 8. The Balaban J connectivity index is 1.26. The first-order chi connectivity index (χ1) is 18.6. The molecule has 0 saturated carbocycles. The lowest BCUT2D eigenvalue weighted by Gasteiger charge is -2.13. The molecule has 0 N–H and O–H groups in total. The molecule has 1 aliphatic rings. The number of hydrogen-bond acceptors (Lipinski definition) is 8. The predicted octanol–water partition coefficient (Wildman–Crippen LogP) is 4.80. The van der Waals surface area contributed by atoms with E-state index in [1.54, 1.807) is 17.7 Å². The van der Waals surface area contributed by atoms with Crippen molar-refractivity contribution in [3.8, 4) is 22.9 Å². The van der Waals surface area contributed by atoms with Crippen LogP contribution in [0.5, 0.6) is 17.2 Å². The van der Waals surface area contributed by atoms with Crippen molar-refractivity contribution in [1.82, 2.24) is 24.8 Å². The third-order valence-corrected chi connectivity index (χ3v) is 6.53. The van der Waals surface area contributed by atoms with Crippen LogP contribution < -0.4 is 14.2 Å². The second-order valence-electron chi connectivity index (χ2n) is 8.56. The summed E-state index contributed by atoms with van der Waals surface area (Å²) in [6.07, 6.45) is 1.54. The Hall–Kier alpha value is -4.57. The number of esters is 1. The Labute approximate surface area is 222 Å². The number of nitrogens with zero attached hydrogens (tertiary/aromatic N) is 5. The first kappa shape index (κ1) is 23.8. The molecule has 0 spiro atoms. The van der Waals surface area contributed by atoms with E-state index in [0.29, 0.717) is 41.1 Å². The van der Waals surface area contributed by atoms with Crippen LogP contribution in [-0.2, 0) is 17.9 Å². The average molecular weight is 532 g/mol. The monoisotopic (exact) mass is 531 g/mol. The lowest BCUT2D eigenvalue weighted by Crippen LogP contribution is -2.13. The van der Waals surface area contributed by atoms with E-state index in [0.717, 1.165) is 27.7 Å². The van der Waals surface area contributed by atoms with Crippen LogP contribution in [0.2, 0.25) is 5.02 Å². The first-order valence-corrected chi connectivity index (χ1v) is 12.3. The Morgan fingerprint density at radius 2 is 1.87 bits per heavy atom. The normalized spacial score (nSPS) is 12.2. The fraction of sp³-hybridized carbons (Fsp3) is 0.185. The minimum atomic E-state index is -0.411. The summed E-state index contributed by atoms with van der Waals surface area (Å²) < 4.78 is 25.8. The van der Waals surface area contributed by atoms with Crippen LogP contribution in [0.1, 0.15) is 28.5 Å². The van der Waals surface area contributed by atoms with Gasteiger partial charge in [0, 0.05) is 22.0 Å². The Morgan fingerprint density at radius 3 is 2.63 bits per heavy atom. The van der Waals surface area contributed by atoms with Crippen molar-refractivity contribution in [1.29, 1.82) is 0 Å². The highest BCUT2D eigenvalue weighted by molar-refractivity contribution is 6.31. The number of tetrazole rings is 1. The molecular weight excluding hydrogens is 510 g/mol. The van der Waals surface area contributed by atoms with Crippen molar-refractivity contribution < 1.29 is 23.7 Å². The number of hydrogen-bond donors (Lipinski definition) is 0. The van der Waals surface area contributed by atoms with Gasteiger partial charge in [0.15, 0.2) is 11.5 Å². The molecule has 38 heavy (non-hydrogen) atoms. The standard InChI is InChI=1S/C27H22ClN5O5/c1-2-35-27(34)24-10-18-9-21(36-14-17-3-5-20(6-4-17)33-15-29-30-31-33)7-8-23(18)32(24)13-19-11-25-26(12-22(19)28)38-16-37-25/h3-12,15H,2,13-14,16H2,1H3. The molecule has 0 bridgehead atoms. The minimum absolute atomic E-state index is 0.155. The van der Waals surface area contributed by atoms with E-state index in [-0.39, 0.29) is 13.4 Å². The van der Waals surface area contributed by atoms with Crippen LogP contribution in [0.15, 0.2) is 67.0 Å². The van der Waals surface area contributed by atoms with E-state index in [1.165, 1.54) is 6.33 Å². The van der Waals surface area contributed by atoms with Gasteiger partial charge in [-0.05, 0) is 70.9 Å². The molecule has 0 amide bonds. The van der Waals surface area contributed by atoms with Crippen LogP contribution in [0.3, 0.4) is 0 Å².